The Morgan fingerprint density at radius 2 is 1.81 bits per heavy atom. The second kappa shape index (κ2) is 10.3. The van der Waals surface area contributed by atoms with Gasteiger partial charge in [0.2, 0.25) is 15.9 Å². The van der Waals surface area contributed by atoms with Crippen LogP contribution in [0.2, 0.25) is 0 Å². The van der Waals surface area contributed by atoms with E-state index in [-0.39, 0.29) is 10.8 Å². The number of aryl methyl sites for hydroxylation is 3. The Balaban J connectivity index is 1.80. The molecule has 0 aliphatic carbocycles. The van der Waals surface area contributed by atoms with Crippen molar-refractivity contribution < 1.29 is 13.2 Å². The number of anilines is 1. The number of nitrogens with zero attached hydrogens (tertiary/aromatic N) is 3. The zero-order valence-corrected chi connectivity index (χ0v) is 20.1. The van der Waals surface area contributed by atoms with Crippen LogP contribution in [0.4, 0.5) is 5.69 Å². The van der Waals surface area contributed by atoms with E-state index in [2.05, 4.69) is 17.2 Å². The number of carbonyl (C=O) groups excluding carboxylic acids is 1. The van der Waals surface area contributed by atoms with E-state index in [0.717, 1.165) is 23.4 Å². The smallest absolute Gasteiger partial charge is 0.243 e. The Morgan fingerprint density at radius 3 is 2.47 bits per heavy atom. The van der Waals surface area contributed by atoms with Crippen LogP contribution >= 0.6 is 0 Å². The maximum atomic E-state index is 12.9. The van der Waals surface area contributed by atoms with Crippen LogP contribution in [0.25, 0.3) is 11.0 Å². The number of hydrogen-bond donors (Lipinski definition) is 1. The fourth-order valence-corrected chi connectivity index (χ4v) is 5.37. The fourth-order valence-electron chi connectivity index (χ4n) is 3.89. The standard InChI is InChI=1S/C24H32N4O3S/c1-5-18-10-9-11-19(16-18)25-24(29)15-14-23-26-21-17-20(12-13-22(21)28(23)8-4)32(30,31)27(6-2)7-3/h9-13,16-17H,5-8,14-15H2,1-4H3,(H,25,29). The highest BCUT2D eigenvalue weighted by molar-refractivity contribution is 7.89. The molecule has 0 aliphatic heterocycles. The molecular weight excluding hydrogens is 424 g/mol. The van der Waals surface area contributed by atoms with Gasteiger partial charge < -0.3 is 9.88 Å². The summed E-state index contributed by atoms with van der Waals surface area (Å²) in [6.07, 6.45) is 1.68. The molecule has 7 nitrogen and oxygen atoms in total. The van der Waals surface area contributed by atoms with Gasteiger partial charge in [0.05, 0.1) is 15.9 Å². The van der Waals surface area contributed by atoms with E-state index in [0.29, 0.717) is 38.0 Å². The molecule has 3 aromatic rings. The van der Waals surface area contributed by atoms with E-state index in [4.69, 9.17) is 0 Å². The number of carbonyl (C=O) groups is 1. The molecule has 0 bridgehead atoms. The Kier molecular flexibility index (Phi) is 7.69. The quantitative estimate of drug-likeness (QED) is 0.495. The summed E-state index contributed by atoms with van der Waals surface area (Å²) in [7, 11) is -3.55. The number of fused-ring (bicyclic) bond motifs is 1. The summed E-state index contributed by atoms with van der Waals surface area (Å²) in [6, 6.07) is 12.9. The van der Waals surface area contributed by atoms with Gasteiger partial charge in [0.25, 0.3) is 0 Å². The monoisotopic (exact) mass is 456 g/mol. The highest BCUT2D eigenvalue weighted by Crippen LogP contribution is 2.23. The van der Waals surface area contributed by atoms with E-state index in [1.54, 1.807) is 12.1 Å². The van der Waals surface area contributed by atoms with Gasteiger partial charge in [0, 0.05) is 38.2 Å². The first-order valence-electron chi connectivity index (χ1n) is 11.2. The first-order valence-corrected chi connectivity index (χ1v) is 12.7. The molecule has 0 atom stereocenters. The predicted octanol–water partition coefficient (Wildman–Crippen LogP) is 4.22. The maximum absolute atomic E-state index is 12.9. The Bertz CT molecular complexity index is 1200. The summed E-state index contributed by atoms with van der Waals surface area (Å²) in [5.41, 5.74) is 3.47. The van der Waals surface area contributed by atoms with Crippen LogP contribution in [-0.4, -0.2) is 41.3 Å². The fraction of sp³-hybridized carbons (Fsp3) is 0.417. The molecular formula is C24H32N4O3S. The molecule has 0 saturated carbocycles. The molecule has 2 aromatic carbocycles. The second-order valence-corrected chi connectivity index (χ2v) is 9.55. The lowest BCUT2D eigenvalue weighted by Crippen LogP contribution is -2.30. The molecule has 172 valence electrons. The van der Waals surface area contributed by atoms with Crippen LogP contribution in [0.3, 0.4) is 0 Å². The number of imidazole rings is 1. The summed E-state index contributed by atoms with van der Waals surface area (Å²) in [4.78, 5) is 17.4. The Hall–Kier alpha value is -2.71. The number of rotatable bonds is 10. The van der Waals surface area contributed by atoms with Crippen molar-refractivity contribution in [3.05, 3.63) is 53.9 Å². The van der Waals surface area contributed by atoms with Crippen molar-refractivity contribution >= 4 is 32.7 Å². The van der Waals surface area contributed by atoms with Gasteiger partial charge in [0.1, 0.15) is 5.82 Å². The lowest BCUT2D eigenvalue weighted by molar-refractivity contribution is -0.116. The molecule has 0 radical (unpaired) electrons. The van der Waals surface area contributed by atoms with E-state index < -0.39 is 10.0 Å². The predicted molar refractivity (Wildman–Crippen MR) is 128 cm³/mol. The molecule has 0 fully saturated rings. The van der Waals surface area contributed by atoms with Crippen LogP contribution in [0, 0.1) is 0 Å². The normalized spacial score (nSPS) is 11.9. The van der Waals surface area contributed by atoms with Gasteiger partial charge >= 0.3 is 0 Å². The number of hydrogen-bond acceptors (Lipinski definition) is 4. The molecule has 0 aliphatic rings. The van der Waals surface area contributed by atoms with Crippen molar-refractivity contribution in [2.75, 3.05) is 18.4 Å². The average Bonchev–Trinajstić information content (AvgIpc) is 3.15. The third-order valence-electron chi connectivity index (χ3n) is 5.65. The van der Waals surface area contributed by atoms with Gasteiger partial charge in [-0.1, -0.05) is 32.9 Å². The summed E-state index contributed by atoms with van der Waals surface area (Å²) in [6.45, 7) is 9.27. The maximum Gasteiger partial charge on any atom is 0.243 e. The first kappa shape index (κ1) is 23.9. The van der Waals surface area contributed by atoms with E-state index >= 15 is 0 Å². The van der Waals surface area contributed by atoms with Gasteiger partial charge in [-0.05, 0) is 49.2 Å². The van der Waals surface area contributed by atoms with Crippen molar-refractivity contribution in [3.8, 4) is 0 Å². The third-order valence-corrected chi connectivity index (χ3v) is 7.70. The van der Waals surface area contributed by atoms with E-state index in [1.165, 1.54) is 9.87 Å². The highest BCUT2D eigenvalue weighted by atomic mass is 32.2. The Morgan fingerprint density at radius 1 is 1.06 bits per heavy atom. The van der Waals surface area contributed by atoms with Gasteiger partial charge in [-0.25, -0.2) is 13.4 Å². The minimum atomic E-state index is -3.55. The highest BCUT2D eigenvalue weighted by Gasteiger charge is 2.23. The summed E-state index contributed by atoms with van der Waals surface area (Å²) in [5.74, 6) is 0.704. The van der Waals surface area contributed by atoms with Gasteiger partial charge in [-0.2, -0.15) is 4.31 Å². The summed E-state index contributed by atoms with van der Waals surface area (Å²) in [5, 5.41) is 2.95. The lowest BCUT2D eigenvalue weighted by Gasteiger charge is -2.18. The van der Waals surface area contributed by atoms with Crippen molar-refractivity contribution in [1.82, 2.24) is 13.9 Å². The molecule has 0 unspecified atom stereocenters. The molecule has 32 heavy (non-hydrogen) atoms. The zero-order chi connectivity index (χ0) is 23.3. The lowest BCUT2D eigenvalue weighted by atomic mass is 10.1. The average molecular weight is 457 g/mol. The van der Waals surface area contributed by atoms with Crippen LogP contribution in [0.5, 0.6) is 0 Å². The van der Waals surface area contributed by atoms with Crippen molar-refractivity contribution in [3.63, 3.8) is 0 Å². The number of nitrogens with one attached hydrogen (secondary N) is 1. The number of sulfonamides is 1. The van der Waals surface area contributed by atoms with E-state index in [9.17, 15) is 13.2 Å². The van der Waals surface area contributed by atoms with Crippen molar-refractivity contribution in [1.29, 1.82) is 0 Å². The number of aromatic nitrogens is 2. The largest absolute Gasteiger partial charge is 0.328 e. The Labute approximate surface area is 190 Å². The van der Waals surface area contributed by atoms with Gasteiger partial charge in [-0.3, -0.25) is 4.79 Å². The van der Waals surface area contributed by atoms with Gasteiger partial charge in [0.15, 0.2) is 0 Å². The minimum Gasteiger partial charge on any atom is -0.328 e. The molecule has 0 saturated heterocycles. The van der Waals surface area contributed by atoms with Crippen LogP contribution < -0.4 is 5.32 Å². The van der Waals surface area contributed by atoms with Crippen LogP contribution in [0.1, 0.15) is 45.5 Å². The zero-order valence-electron chi connectivity index (χ0n) is 19.3. The van der Waals surface area contributed by atoms with Crippen LogP contribution in [0.15, 0.2) is 47.4 Å². The molecule has 1 aromatic heterocycles. The van der Waals surface area contributed by atoms with E-state index in [1.807, 2.05) is 55.7 Å². The van der Waals surface area contributed by atoms with Crippen molar-refractivity contribution in [2.45, 2.75) is 58.4 Å². The molecule has 0 spiro atoms. The van der Waals surface area contributed by atoms with Crippen molar-refractivity contribution in [2.24, 2.45) is 0 Å². The molecule has 8 heteroatoms. The second-order valence-electron chi connectivity index (χ2n) is 7.61. The number of benzene rings is 2. The molecule has 1 amide bonds. The minimum absolute atomic E-state index is 0.0715. The van der Waals surface area contributed by atoms with Gasteiger partial charge in [-0.15, -0.1) is 0 Å². The molecule has 1 N–H and O–H groups in total. The topological polar surface area (TPSA) is 84.3 Å². The SMILES string of the molecule is CCc1cccc(NC(=O)CCc2nc3cc(S(=O)(=O)N(CC)CC)ccc3n2CC)c1. The van der Waals surface area contributed by atoms with Crippen LogP contribution in [-0.2, 0) is 34.2 Å². The first-order chi connectivity index (χ1) is 15.3. The molecule has 1 heterocycles. The summed E-state index contributed by atoms with van der Waals surface area (Å²) >= 11 is 0. The summed E-state index contributed by atoms with van der Waals surface area (Å²) < 4.78 is 29.2. The number of amides is 1. The molecule has 3 rings (SSSR count). The third kappa shape index (κ3) is 5.02.